The molecule has 1 saturated heterocycles. The minimum atomic E-state index is 0.155. The molecule has 0 bridgehead atoms. The predicted molar refractivity (Wildman–Crippen MR) is 67.4 cm³/mol. The monoisotopic (exact) mass is 303 g/mol. The average molecular weight is 304 g/mol. The number of nitrogens with one attached hydrogen (secondary N) is 1. The molecule has 2 heterocycles. The van der Waals surface area contributed by atoms with Gasteiger partial charge in [-0.25, -0.2) is 4.98 Å². The Morgan fingerprint density at radius 2 is 2.50 bits per heavy atom. The Morgan fingerprint density at radius 3 is 3.12 bits per heavy atom. The highest BCUT2D eigenvalue weighted by molar-refractivity contribution is 9.10. The van der Waals surface area contributed by atoms with Crippen molar-refractivity contribution in [2.24, 2.45) is 0 Å². The number of carbonyl (C=O) groups excluding carboxylic acids is 1. The van der Waals surface area contributed by atoms with Crippen LogP contribution in [-0.2, 0) is 4.79 Å². The first-order valence-electron chi connectivity index (χ1n) is 5.26. The van der Waals surface area contributed by atoms with Gasteiger partial charge in [0.1, 0.15) is 9.61 Å². The summed E-state index contributed by atoms with van der Waals surface area (Å²) in [6, 6.07) is 0.278. The summed E-state index contributed by atoms with van der Waals surface area (Å²) in [6.45, 7) is 4.06. The van der Waals surface area contributed by atoms with Gasteiger partial charge in [0.25, 0.3) is 0 Å². The molecule has 1 unspecified atom stereocenters. The van der Waals surface area contributed by atoms with Crippen LogP contribution in [0.25, 0.3) is 0 Å². The Morgan fingerprint density at radius 1 is 1.69 bits per heavy atom. The van der Waals surface area contributed by atoms with Crippen LogP contribution in [0, 0.1) is 0 Å². The van der Waals surface area contributed by atoms with Crippen LogP contribution in [0.4, 0.5) is 0 Å². The topological polar surface area (TPSA) is 45.2 Å². The number of nitrogens with zero attached hydrogens (tertiary/aromatic N) is 2. The third-order valence-electron chi connectivity index (χ3n) is 2.70. The number of hydrogen-bond donors (Lipinski definition) is 1. The summed E-state index contributed by atoms with van der Waals surface area (Å²) in [5, 5.41) is 6.51. The van der Waals surface area contributed by atoms with Gasteiger partial charge >= 0.3 is 0 Å². The molecule has 1 aliphatic rings. The fraction of sp³-hybridized carbons (Fsp3) is 0.600. The van der Waals surface area contributed by atoms with E-state index in [0.29, 0.717) is 0 Å². The fourth-order valence-electron chi connectivity index (χ4n) is 1.83. The van der Waals surface area contributed by atoms with Gasteiger partial charge < -0.3 is 10.2 Å². The Balaban J connectivity index is 2.01. The lowest BCUT2D eigenvalue weighted by Crippen LogP contribution is -2.32. The van der Waals surface area contributed by atoms with Crippen molar-refractivity contribution in [1.29, 1.82) is 0 Å². The Bertz CT molecular complexity index is 382. The molecule has 1 aromatic heterocycles. The lowest BCUT2D eigenvalue weighted by Gasteiger charge is -2.17. The molecule has 2 rings (SSSR count). The molecule has 0 spiro atoms. The van der Waals surface area contributed by atoms with Crippen LogP contribution in [-0.4, -0.2) is 35.4 Å². The largest absolute Gasteiger partial charge is 0.342 e. The SMILES string of the molecule is CC(=O)N1CCNC(c2nc(Br)cs2)CC1. The second-order valence-corrected chi connectivity index (χ2v) is 5.51. The summed E-state index contributed by atoms with van der Waals surface area (Å²) in [6.07, 6.45) is 0.930. The first kappa shape index (κ1) is 12.0. The van der Waals surface area contributed by atoms with Gasteiger partial charge in [-0.3, -0.25) is 4.79 Å². The van der Waals surface area contributed by atoms with Gasteiger partial charge in [-0.05, 0) is 22.4 Å². The van der Waals surface area contributed by atoms with E-state index in [2.05, 4.69) is 26.2 Å². The molecule has 88 valence electrons. The molecular formula is C10H14BrN3OS. The third-order valence-corrected chi connectivity index (χ3v) is 4.37. The zero-order valence-corrected chi connectivity index (χ0v) is 11.5. The number of carbonyl (C=O) groups is 1. The average Bonchev–Trinajstić information content (AvgIpc) is 2.54. The number of halogens is 1. The van der Waals surface area contributed by atoms with Crippen molar-refractivity contribution in [3.8, 4) is 0 Å². The minimum absolute atomic E-state index is 0.155. The van der Waals surface area contributed by atoms with E-state index in [0.717, 1.165) is 35.7 Å². The smallest absolute Gasteiger partial charge is 0.219 e. The first-order valence-corrected chi connectivity index (χ1v) is 6.94. The van der Waals surface area contributed by atoms with Crippen molar-refractivity contribution >= 4 is 33.2 Å². The number of aromatic nitrogens is 1. The zero-order valence-electron chi connectivity index (χ0n) is 9.07. The molecule has 0 aromatic carbocycles. The van der Waals surface area contributed by atoms with E-state index < -0.39 is 0 Å². The fourth-order valence-corrected chi connectivity index (χ4v) is 3.20. The van der Waals surface area contributed by atoms with Gasteiger partial charge in [-0.15, -0.1) is 11.3 Å². The third kappa shape index (κ3) is 2.81. The maximum absolute atomic E-state index is 11.3. The van der Waals surface area contributed by atoms with E-state index in [-0.39, 0.29) is 11.9 Å². The van der Waals surface area contributed by atoms with Gasteiger partial charge in [0.05, 0.1) is 6.04 Å². The highest BCUT2D eigenvalue weighted by atomic mass is 79.9. The minimum Gasteiger partial charge on any atom is -0.342 e. The Labute approximate surface area is 107 Å². The van der Waals surface area contributed by atoms with E-state index >= 15 is 0 Å². The van der Waals surface area contributed by atoms with Gasteiger partial charge in [0.15, 0.2) is 0 Å². The molecule has 6 heteroatoms. The molecule has 4 nitrogen and oxygen atoms in total. The highest BCUT2D eigenvalue weighted by Gasteiger charge is 2.21. The predicted octanol–water partition coefficient (Wildman–Crippen LogP) is 1.79. The van der Waals surface area contributed by atoms with Crippen LogP contribution in [0.15, 0.2) is 9.98 Å². The lowest BCUT2D eigenvalue weighted by atomic mass is 10.2. The zero-order chi connectivity index (χ0) is 11.5. The standard InChI is InChI=1S/C10H14BrN3OS/c1-7(15)14-4-2-8(12-3-5-14)10-13-9(11)6-16-10/h6,8,12H,2-5H2,1H3. The van der Waals surface area contributed by atoms with Crippen LogP contribution in [0.5, 0.6) is 0 Å². The summed E-state index contributed by atoms with van der Waals surface area (Å²) in [4.78, 5) is 17.6. The molecule has 1 amide bonds. The molecule has 0 saturated carbocycles. The van der Waals surface area contributed by atoms with E-state index in [1.807, 2.05) is 10.3 Å². The normalized spacial score (nSPS) is 21.9. The second-order valence-electron chi connectivity index (χ2n) is 3.81. The quantitative estimate of drug-likeness (QED) is 0.860. The summed E-state index contributed by atoms with van der Waals surface area (Å²) in [5.41, 5.74) is 0. The van der Waals surface area contributed by atoms with Crippen molar-refractivity contribution in [3.05, 3.63) is 15.0 Å². The van der Waals surface area contributed by atoms with Crippen LogP contribution >= 0.6 is 27.3 Å². The molecular weight excluding hydrogens is 290 g/mol. The van der Waals surface area contributed by atoms with Crippen LogP contribution in [0.3, 0.4) is 0 Å². The van der Waals surface area contributed by atoms with Gasteiger partial charge in [0.2, 0.25) is 5.91 Å². The van der Waals surface area contributed by atoms with Crippen molar-refractivity contribution < 1.29 is 4.79 Å². The molecule has 16 heavy (non-hydrogen) atoms. The Hall–Kier alpha value is -0.460. The van der Waals surface area contributed by atoms with Gasteiger partial charge in [-0.2, -0.15) is 0 Å². The molecule has 0 aliphatic carbocycles. The van der Waals surface area contributed by atoms with Crippen molar-refractivity contribution in [2.45, 2.75) is 19.4 Å². The van der Waals surface area contributed by atoms with Crippen molar-refractivity contribution in [1.82, 2.24) is 15.2 Å². The van der Waals surface area contributed by atoms with E-state index in [4.69, 9.17) is 0 Å². The number of amides is 1. The van der Waals surface area contributed by atoms with E-state index in [9.17, 15) is 4.79 Å². The molecule has 1 N–H and O–H groups in total. The van der Waals surface area contributed by atoms with Crippen LogP contribution < -0.4 is 5.32 Å². The number of thiazole rings is 1. The molecule has 0 radical (unpaired) electrons. The molecule has 1 aliphatic heterocycles. The second kappa shape index (κ2) is 5.25. The van der Waals surface area contributed by atoms with Gasteiger partial charge in [-0.1, -0.05) is 0 Å². The maximum Gasteiger partial charge on any atom is 0.219 e. The molecule has 1 atom stereocenters. The van der Waals surface area contributed by atoms with Crippen molar-refractivity contribution in [2.75, 3.05) is 19.6 Å². The van der Waals surface area contributed by atoms with E-state index in [1.165, 1.54) is 0 Å². The van der Waals surface area contributed by atoms with Crippen LogP contribution in [0.1, 0.15) is 24.4 Å². The molecule has 1 aromatic rings. The summed E-state index contributed by atoms with van der Waals surface area (Å²) in [5.74, 6) is 0.155. The van der Waals surface area contributed by atoms with Crippen molar-refractivity contribution in [3.63, 3.8) is 0 Å². The number of hydrogen-bond acceptors (Lipinski definition) is 4. The summed E-state index contributed by atoms with van der Waals surface area (Å²) < 4.78 is 0.891. The van der Waals surface area contributed by atoms with Gasteiger partial charge in [0, 0.05) is 31.9 Å². The molecule has 1 fully saturated rings. The first-order chi connectivity index (χ1) is 7.66. The number of rotatable bonds is 1. The Kier molecular flexibility index (Phi) is 3.94. The van der Waals surface area contributed by atoms with Crippen LogP contribution in [0.2, 0.25) is 0 Å². The summed E-state index contributed by atoms with van der Waals surface area (Å²) >= 11 is 5.01. The lowest BCUT2D eigenvalue weighted by molar-refractivity contribution is -0.128. The summed E-state index contributed by atoms with van der Waals surface area (Å²) in [7, 11) is 0. The highest BCUT2D eigenvalue weighted by Crippen LogP contribution is 2.24. The maximum atomic E-state index is 11.3. The van der Waals surface area contributed by atoms with E-state index in [1.54, 1.807) is 18.3 Å².